The maximum absolute atomic E-state index is 9.67. The van der Waals surface area contributed by atoms with Gasteiger partial charge in [-0.05, 0) is 33.0 Å². The molecule has 0 saturated carbocycles. The zero-order valence-corrected chi connectivity index (χ0v) is 12.0. The molecular formula is C15H24N2O2. The Labute approximate surface area is 115 Å². The predicted octanol–water partition coefficient (Wildman–Crippen LogP) is 1.59. The number of hydrogen-bond acceptors (Lipinski definition) is 4. The van der Waals surface area contributed by atoms with Crippen molar-refractivity contribution in [3.63, 3.8) is 0 Å². The molecule has 0 spiro atoms. The standard InChI is InChI=1S/C15H24N2O2/c1-4-19-15-8-6-5-7-14(15)17-12(2)9-16(3)10-13(17)11-18/h5-8,12-13,18H,4,9-11H2,1-3H3. The summed E-state index contributed by atoms with van der Waals surface area (Å²) in [6, 6.07) is 8.57. The van der Waals surface area contributed by atoms with Gasteiger partial charge in [-0.25, -0.2) is 0 Å². The molecule has 1 aliphatic heterocycles. The van der Waals surface area contributed by atoms with Gasteiger partial charge in [-0.3, -0.25) is 0 Å². The highest BCUT2D eigenvalue weighted by molar-refractivity contribution is 5.60. The van der Waals surface area contributed by atoms with Crippen molar-refractivity contribution in [1.29, 1.82) is 0 Å². The fraction of sp³-hybridized carbons (Fsp3) is 0.600. The third-order valence-corrected chi connectivity index (χ3v) is 3.62. The molecule has 0 aromatic heterocycles. The third kappa shape index (κ3) is 3.01. The van der Waals surface area contributed by atoms with Crippen LogP contribution in [0.15, 0.2) is 24.3 Å². The maximum atomic E-state index is 9.67. The van der Waals surface area contributed by atoms with Crippen molar-refractivity contribution in [1.82, 2.24) is 4.90 Å². The van der Waals surface area contributed by atoms with Crippen molar-refractivity contribution in [3.05, 3.63) is 24.3 Å². The Hall–Kier alpha value is -1.26. The molecule has 0 aliphatic carbocycles. The van der Waals surface area contributed by atoms with Gasteiger partial charge in [0.05, 0.1) is 24.9 Å². The lowest BCUT2D eigenvalue weighted by atomic mass is 10.1. The molecule has 2 unspecified atom stereocenters. The minimum absolute atomic E-state index is 0.121. The Morgan fingerprint density at radius 2 is 2.05 bits per heavy atom. The summed E-state index contributed by atoms with van der Waals surface area (Å²) in [5.74, 6) is 0.903. The molecule has 2 atom stereocenters. The molecule has 1 aliphatic rings. The van der Waals surface area contributed by atoms with Crippen molar-refractivity contribution in [2.24, 2.45) is 0 Å². The minimum atomic E-state index is 0.121. The Kier molecular flexibility index (Phi) is 4.66. The smallest absolute Gasteiger partial charge is 0.142 e. The summed E-state index contributed by atoms with van der Waals surface area (Å²) in [5, 5.41) is 9.67. The highest BCUT2D eigenvalue weighted by Gasteiger charge is 2.31. The van der Waals surface area contributed by atoms with E-state index in [0.717, 1.165) is 24.5 Å². The van der Waals surface area contributed by atoms with Gasteiger partial charge in [0.25, 0.3) is 0 Å². The molecule has 1 heterocycles. The second-order valence-electron chi connectivity index (χ2n) is 5.21. The molecule has 106 valence electrons. The normalized spacial score (nSPS) is 24.5. The first-order valence-corrected chi connectivity index (χ1v) is 6.97. The molecule has 0 radical (unpaired) electrons. The Morgan fingerprint density at radius 3 is 2.74 bits per heavy atom. The number of para-hydroxylation sites is 2. The monoisotopic (exact) mass is 264 g/mol. The highest BCUT2D eigenvalue weighted by Crippen LogP contribution is 2.32. The van der Waals surface area contributed by atoms with Crippen LogP contribution in [0.2, 0.25) is 0 Å². The fourth-order valence-corrected chi connectivity index (χ4v) is 2.95. The number of anilines is 1. The van der Waals surface area contributed by atoms with Gasteiger partial charge in [0.2, 0.25) is 0 Å². The number of aliphatic hydroxyl groups excluding tert-OH is 1. The van der Waals surface area contributed by atoms with Crippen LogP contribution >= 0.6 is 0 Å². The first-order valence-electron chi connectivity index (χ1n) is 6.97. The summed E-state index contributed by atoms with van der Waals surface area (Å²) in [7, 11) is 2.10. The van der Waals surface area contributed by atoms with E-state index in [0.29, 0.717) is 12.6 Å². The molecule has 2 rings (SSSR count). The van der Waals surface area contributed by atoms with Gasteiger partial charge >= 0.3 is 0 Å². The summed E-state index contributed by atoms with van der Waals surface area (Å²) < 4.78 is 5.72. The Bertz CT molecular complexity index is 411. The van der Waals surface area contributed by atoms with Crippen LogP contribution in [-0.4, -0.2) is 55.4 Å². The molecule has 19 heavy (non-hydrogen) atoms. The van der Waals surface area contributed by atoms with Gasteiger partial charge in [0, 0.05) is 19.1 Å². The highest BCUT2D eigenvalue weighted by atomic mass is 16.5. The second-order valence-corrected chi connectivity index (χ2v) is 5.21. The molecule has 1 aromatic carbocycles. The van der Waals surface area contributed by atoms with Crippen LogP contribution in [0.5, 0.6) is 5.75 Å². The van der Waals surface area contributed by atoms with Gasteiger partial charge in [-0.15, -0.1) is 0 Å². The fourth-order valence-electron chi connectivity index (χ4n) is 2.95. The average Bonchev–Trinajstić information content (AvgIpc) is 2.39. The molecule has 4 nitrogen and oxygen atoms in total. The van der Waals surface area contributed by atoms with Crippen LogP contribution in [0.25, 0.3) is 0 Å². The summed E-state index contributed by atoms with van der Waals surface area (Å²) >= 11 is 0. The van der Waals surface area contributed by atoms with Crippen molar-refractivity contribution >= 4 is 5.69 Å². The third-order valence-electron chi connectivity index (χ3n) is 3.62. The first kappa shape index (κ1) is 14.2. The van der Waals surface area contributed by atoms with Gasteiger partial charge in [-0.1, -0.05) is 12.1 Å². The maximum Gasteiger partial charge on any atom is 0.142 e. The van der Waals surface area contributed by atoms with E-state index in [1.165, 1.54) is 0 Å². The molecule has 1 aromatic rings. The van der Waals surface area contributed by atoms with Crippen LogP contribution in [0.1, 0.15) is 13.8 Å². The number of aliphatic hydroxyl groups is 1. The van der Waals surface area contributed by atoms with E-state index >= 15 is 0 Å². The second kappa shape index (κ2) is 6.26. The van der Waals surface area contributed by atoms with Crippen LogP contribution in [-0.2, 0) is 0 Å². The quantitative estimate of drug-likeness (QED) is 0.896. The largest absolute Gasteiger partial charge is 0.492 e. The Balaban J connectivity index is 2.32. The number of likely N-dealkylation sites (N-methyl/N-ethyl adjacent to an activating group) is 1. The van der Waals surface area contributed by atoms with E-state index in [2.05, 4.69) is 29.8 Å². The van der Waals surface area contributed by atoms with Gasteiger partial charge in [0.1, 0.15) is 5.75 Å². The summed E-state index contributed by atoms with van der Waals surface area (Å²) in [6.45, 7) is 6.88. The lowest BCUT2D eigenvalue weighted by Gasteiger charge is -2.45. The van der Waals surface area contributed by atoms with E-state index in [1.54, 1.807) is 0 Å². The summed E-state index contributed by atoms with van der Waals surface area (Å²) in [4.78, 5) is 4.57. The molecular weight excluding hydrogens is 240 g/mol. The van der Waals surface area contributed by atoms with Crippen LogP contribution < -0.4 is 9.64 Å². The predicted molar refractivity (Wildman–Crippen MR) is 77.9 cm³/mol. The van der Waals surface area contributed by atoms with E-state index in [9.17, 15) is 5.11 Å². The van der Waals surface area contributed by atoms with E-state index in [-0.39, 0.29) is 12.6 Å². The van der Waals surface area contributed by atoms with E-state index in [4.69, 9.17) is 4.74 Å². The molecule has 0 bridgehead atoms. The lowest BCUT2D eigenvalue weighted by molar-refractivity contribution is 0.170. The number of benzene rings is 1. The van der Waals surface area contributed by atoms with Gasteiger partial charge < -0.3 is 19.6 Å². The first-order chi connectivity index (χ1) is 9.17. The molecule has 4 heteroatoms. The molecule has 1 fully saturated rings. The minimum Gasteiger partial charge on any atom is -0.492 e. The summed E-state index contributed by atoms with van der Waals surface area (Å²) in [5.41, 5.74) is 1.09. The van der Waals surface area contributed by atoms with E-state index < -0.39 is 0 Å². The van der Waals surface area contributed by atoms with E-state index in [1.807, 2.05) is 25.1 Å². The van der Waals surface area contributed by atoms with Crippen molar-refractivity contribution < 1.29 is 9.84 Å². The molecule has 1 saturated heterocycles. The molecule has 0 amide bonds. The summed E-state index contributed by atoms with van der Waals surface area (Å²) in [6.07, 6.45) is 0. The molecule has 1 N–H and O–H groups in total. The van der Waals surface area contributed by atoms with Crippen molar-refractivity contribution in [2.45, 2.75) is 25.9 Å². The SMILES string of the molecule is CCOc1ccccc1N1C(C)CN(C)CC1CO. The zero-order valence-electron chi connectivity index (χ0n) is 12.0. The number of piperazine rings is 1. The lowest BCUT2D eigenvalue weighted by Crippen LogP contribution is -2.58. The Morgan fingerprint density at radius 1 is 1.32 bits per heavy atom. The number of rotatable bonds is 4. The van der Waals surface area contributed by atoms with Crippen LogP contribution in [0, 0.1) is 0 Å². The number of hydrogen-bond donors (Lipinski definition) is 1. The van der Waals surface area contributed by atoms with Crippen LogP contribution in [0.4, 0.5) is 5.69 Å². The number of ether oxygens (including phenoxy) is 1. The van der Waals surface area contributed by atoms with Gasteiger partial charge in [-0.2, -0.15) is 0 Å². The zero-order chi connectivity index (χ0) is 13.8. The van der Waals surface area contributed by atoms with Crippen molar-refractivity contribution in [2.75, 3.05) is 38.3 Å². The topological polar surface area (TPSA) is 35.9 Å². The number of nitrogens with zero attached hydrogens (tertiary/aromatic N) is 2. The van der Waals surface area contributed by atoms with Gasteiger partial charge in [0.15, 0.2) is 0 Å². The van der Waals surface area contributed by atoms with Crippen LogP contribution in [0.3, 0.4) is 0 Å². The average molecular weight is 264 g/mol. The van der Waals surface area contributed by atoms with Crippen molar-refractivity contribution in [3.8, 4) is 5.75 Å².